The Morgan fingerprint density at radius 2 is 1.59 bits per heavy atom. The monoisotopic (exact) mass is 399 g/mol. The van der Waals surface area contributed by atoms with Gasteiger partial charge in [0.05, 0.1) is 0 Å². The van der Waals surface area contributed by atoms with Gasteiger partial charge in [-0.25, -0.2) is 0 Å². The first kappa shape index (κ1) is 19.3. The van der Waals surface area contributed by atoms with E-state index in [4.69, 9.17) is 4.99 Å². The van der Waals surface area contributed by atoms with Crippen LogP contribution in [0.15, 0.2) is 96.1 Å². The Kier molecular flexibility index (Phi) is 6.32. The van der Waals surface area contributed by atoms with Crippen molar-refractivity contribution in [3.05, 3.63) is 102 Å². The SMILES string of the molecule is CSC(=NCCc1cn(Cc2ccccc2)c2ccccc12)Nc1ccccc1. The molecule has 0 aliphatic heterocycles. The minimum atomic E-state index is 0.759. The van der Waals surface area contributed by atoms with Crippen molar-refractivity contribution in [1.82, 2.24) is 4.57 Å². The number of anilines is 1. The molecule has 1 N–H and O–H groups in total. The van der Waals surface area contributed by atoms with Gasteiger partial charge in [0, 0.05) is 35.9 Å². The lowest BCUT2D eigenvalue weighted by Crippen LogP contribution is -2.08. The van der Waals surface area contributed by atoms with Gasteiger partial charge in [-0.1, -0.05) is 78.5 Å². The summed E-state index contributed by atoms with van der Waals surface area (Å²) in [5, 5.41) is 5.67. The van der Waals surface area contributed by atoms with E-state index in [1.165, 1.54) is 22.0 Å². The van der Waals surface area contributed by atoms with Crippen LogP contribution in [0.3, 0.4) is 0 Å². The molecule has 0 saturated heterocycles. The molecule has 3 nitrogen and oxygen atoms in total. The average Bonchev–Trinajstić information content (AvgIpc) is 3.12. The predicted octanol–water partition coefficient (Wildman–Crippen LogP) is 6.06. The van der Waals surface area contributed by atoms with E-state index in [9.17, 15) is 0 Å². The molecule has 3 aromatic carbocycles. The molecule has 0 spiro atoms. The smallest absolute Gasteiger partial charge is 0.160 e. The first-order chi connectivity index (χ1) is 14.3. The molecule has 0 saturated carbocycles. The van der Waals surface area contributed by atoms with Gasteiger partial charge in [-0.2, -0.15) is 0 Å². The summed E-state index contributed by atoms with van der Waals surface area (Å²) in [6.07, 6.45) is 5.26. The Balaban J connectivity index is 1.50. The molecule has 0 aliphatic carbocycles. The summed E-state index contributed by atoms with van der Waals surface area (Å²) in [4.78, 5) is 4.79. The van der Waals surface area contributed by atoms with Crippen molar-refractivity contribution in [2.75, 3.05) is 18.1 Å². The zero-order valence-corrected chi connectivity index (χ0v) is 17.4. The average molecular weight is 400 g/mol. The maximum Gasteiger partial charge on any atom is 0.160 e. The molecule has 0 radical (unpaired) electrons. The second kappa shape index (κ2) is 9.48. The van der Waals surface area contributed by atoms with Gasteiger partial charge in [0.15, 0.2) is 5.17 Å². The maximum atomic E-state index is 4.79. The summed E-state index contributed by atoms with van der Waals surface area (Å²) in [6, 6.07) is 29.5. The van der Waals surface area contributed by atoms with Crippen LogP contribution in [0.5, 0.6) is 0 Å². The van der Waals surface area contributed by atoms with Crippen LogP contribution in [-0.4, -0.2) is 22.5 Å². The highest BCUT2D eigenvalue weighted by atomic mass is 32.2. The second-order valence-corrected chi connectivity index (χ2v) is 7.71. The fourth-order valence-corrected chi connectivity index (χ4v) is 3.95. The van der Waals surface area contributed by atoms with E-state index in [1.54, 1.807) is 11.8 Å². The molecular weight excluding hydrogens is 374 g/mol. The quantitative estimate of drug-likeness (QED) is 0.315. The summed E-state index contributed by atoms with van der Waals surface area (Å²) in [7, 11) is 0. The molecule has 0 bridgehead atoms. The van der Waals surface area contributed by atoms with Gasteiger partial charge in [0.2, 0.25) is 0 Å². The third kappa shape index (κ3) is 4.90. The first-order valence-corrected chi connectivity index (χ1v) is 11.1. The molecule has 4 aromatic rings. The largest absolute Gasteiger partial charge is 0.343 e. The molecule has 29 heavy (non-hydrogen) atoms. The Morgan fingerprint density at radius 3 is 2.34 bits per heavy atom. The number of para-hydroxylation sites is 2. The molecule has 0 atom stereocenters. The number of hydrogen-bond acceptors (Lipinski definition) is 2. The zero-order chi connectivity index (χ0) is 19.9. The normalized spacial score (nSPS) is 11.7. The van der Waals surface area contributed by atoms with Crippen molar-refractivity contribution in [2.24, 2.45) is 4.99 Å². The summed E-state index contributed by atoms with van der Waals surface area (Å²) >= 11 is 1.64. The molecule has 4 heteroatoms. The Morgan fingerprint density at radius 1 is 0.897 bits per heavy atom. The highest BCUT2D eigenvalue weighted by Crippen LogP contribution is 2.23. The maximum absolute atomic E-state index is 4.79. The molecule has 1 aromatic heterocycles. The molecular formula is C25H25N3S. The zero-order valence-electron chi connectivity index (χ0n) is 16.6. The minimum Gasteiger partial charge on any atom is -0.343 e. The minimum absolute atomic E-state index is 0.759. The molecule has 0 fully saturated rings. The lowest BCUT2D eigenvalue weighted by molar-refractivity contribution is 0.827. The van der Waals surface area contributed by atoms with Crippen molar-refractivity contribution < 1.29 is 0 Å². The number of nitrogens with one attached hydrogen (secondary N) is 1. The molecule has 0 unspecified atom stereocenters. The van der Waals surface area contributed by atoms with Gasteiger partial charge >= 0.3 is 0 Å². The van der Waals surface area contributed by atoms with Crippen LogP contribution in [0, 0.1) is 0 Å². The lowest BCUT2D eigenvalue weighted by Gasteiger charge is -2.07. The van der Waals surface area contributed by atoms with Crippen LogP contribution >= 0.6 is 11.8 Å². The molecule has 0 aliphatic rings. The van der Waals surface area contributed by atoms with E-state index in [1.807, 2.05) is 18.2 Å². The lowest BCUT2D eigenvalue weighted by atomic mass is 10.1. The number of benzene rings is 3. The van der Waals surface area contributed by atoms with Gasteiger partial charge in [0.25, 0.3) is 0 Å². The fraction of sp³-hybridized carbons (Fsp3) is 0.160. The van der Waals surface area contributed by atoms with Crippen molar-refractivity contribution >= 4 is 33.5 Å². The van der Waals surface area contributed by atoms with Gasteiger partial charge < -0.3 is 9.88 Å². The van der Waals surface area contributed by atoms with E-state index in [0.717, 1.165) is 30.4 Å². The Bertz CT molecular complexity index is 1080. The number of hydrogen-bond donors (Lipinski definition) is 1. The van der Waals surface area contributed by atoms with E-state index >= 15 is 0 Å². The van der Waals surface area contributed by atoms with E-state index in [0.29, 0.717) is 0 Å². The van der Waals surface area contributed by atoms with Gasteiger partial charge in [-0.05, 0) is 42.0 Å². The summed E-state index contributed by atoms with van der Waals surface area (Å²) < 4.78 is 2.35. The van der Waals surface area contributed by atoms with Gasteiger partial charge in [-0.3, -0.25) is 4.99 Å². The molecule has 4 rings (SSSR count). The molecule has 146 valence electrons. The van der Waals surface area contributed by atoms with Crippen molar-refractivity contribution in [3.8, 4) is 0 Å². The van der Waals surface area contributed by atoms with Crippen molar-refractivity contribution in [3.63, 3.8) is 0 Å². The molecule has 1 heterocycles. The van der Waals surface area contributed by atoms with E-state index in [2.05, 4.69) is 89.1 Å². The van der Waals surface area contributed by atoms with Crippen molar-refractivity contribution in [1.29, 1.82) is 0 Å². The highest BCUT2D eigenvalue weighted by Gasteiger charge is 2.08. The van der Waals surface area contributed by atoms with Crippen LogP contribution in [-0.2, 0) is 13.0 Å². The molecule has 0 amide bonds. The Labute approximate surface area is 176 Å². The summed E-state index contributed by atoms with van der Waals surface area (Å²) in [5.41, 5.74) is 5.01. The summed E-state index contributed by atoms with van der Waals surface area (Å²) in [5.74, 6) is 0. The number of thioether (sulfide) groups is 1. The van der Waals surface area contributed by atoms with Crippen LogP contribution in [0.25, 0.3) is 10.9 Å². The summed E-state index contributed by atoms with van der Waals surface area (Å²) in [6.45, 7) is 1.64. The number of rotatable bonds is 6. The van der Waals surface area contributed by atoms with Crippen LogP contribution in [0.1, 0.15) is 11.1 Å². The second-order valence-electron chi connectivity index (χ2n) is 6.92. The number of aromatic nitrogens is 1. The number of amidine groups is 1. The van der Waals surface area contributed by atoms with Gasteiger partial charge in [0.1, 0.15) is 0 Å². The van der Waals surface area contributed by atoms with E-state index in [-0.39, 0.29) is 0 Å². The van der Waals surface area contributed by atoms with Crippen molar-refractivity contribution in [2.45, 2.75) is 13.0 Å². The number of nitrogens with zero attached hydrogens (tertiary/aromatic N) is 2. The van der Waals surface area contributed by atoms with E-state index < -0.39 is 0 Å². The first-order valence-electron chi connectivity index (χ1n) is 9.84. The van der Waals surface area contributed by atoms with Crippen LogP contribution in [0.4, 0.5) is 5.69 Å². The fourth-order valence-electron chi connectivity index (χ4n) is 3.51. The van der Waals surface area contributed by atoms with Gasteiger partial charge in [-0.15, -0.1) is 0 Å². The third-order valence-corrected chi connectivity index (χ3v) is 5.54. The predicted molar refractivity (Wildman–Crippen MR) is 127 cm³/mol. The third-order valence-electron chi connectivity index (χ3n) is 4.92. The number of aliphatic imine (C=N–C) groups is 1. The Hall–Kier alpha value is -2.98. The standard InChI is InChI=1S/C25H25N3S/c1-29-25(27-22-12-6-3-7-13-22)26-17-16-21-19-28(18-20-10-4-2-5-11-20)24-15-9-8-14-23(21)24/h2-15,19H,16-18H2,1H3,(H,26,27). The number of fused-ring (bicyclic) bond motifs is 1. The van der Waals surface area contributed by atoms with Crippen LogP contribution in [0.2, 0.25) is 0 Å². The van der Waals surface area contributed by atoms with Crippen LogP contribution < -0.4 is 5.32 Å². The highest BCUT2D eigenvalue weighted by molar-refractivity contribution is 8.13. The topological polar surface area (TPSA) is 29.3 Å².